The second-order valence-electron chi connectivity index (χ2n) is 20.7. The average Bonchev–Trinajstić information content (AvgIpc) is 4.07. The highest BCUT2D eigenvalue weighted by atomic mass is 32.2. The summed E-state index contributed by atoms with van der Waals surface area (Å²) in [6.07, 6.45) is -4.57. The van der Waals surface area contributed by atoms with Gasteiger partial charge in [-0.25, -0.2) is 0 Å². The van der Waals surface area contributed by atoms with Crippen molar-refractivity contribution in [2.24, 2.45) is 17.6 Å². The smallest absolute Gasteiger partial charge is 0.317 e. The SMILES string of the molecule is CSCCC[C@H](NCO)C(=O)N1CCC[C@H]1C(O)N[C@@H](CC(=O)O)C(O)N[C@H]1CCNC(O)CSCC(C(O)NCC(=O)O)NC(O)CNC(O)[C@H](CCCN)NC(O)[C@H](C[C@H]2CNC3CCCCC32)NC(O)CNC1O. The maximum absolute atomic E-state index is 13.7. The van der Waals surface area contributed by atoms with Crippen LogP contribution >= 0.6 is 23.5 Å². The third kappa shape index (κ3) is 23.9. The first-order valence-electron chi connectivity index (χ1n) is 27.3. The molecule has 4 rings (SSSR count). The largest absolute Gasteiger partial charge is 0.481 e. The van der Waals surface area contributed by atoms with Crippen LogP contribution in [-0.2, 0) is 14.4 Å². The highest BCUT2D eigenvalue weighted by Gasteiger charge is 2.42. The number of carbonyl (C=O) groups is 3. The van der Waals surface area contributed by atoms with Crippen LogP contribution in [0.25, 0.3) is 0 Å². The summed E-state index contributed by atoms with van der Waals surface area (Å²) >= 11 is 2.75. The Kier molecular flexibility index (Phi) is 32.2. The first-order chi connectivity index (χ1) is 36.8. The van der Waals surface area contributed by atoms with Crippen molar-refractivity contribution in [2.45, 2.75) is 188 Å². The van der Waals surface area contributed by atoms with Gasteiger partial charge < -0.3 is 77.2 Å². The molecule has 0 bridgehead atoms. The number of β-amino-alcohol motifs (C(OH)–C–C–N with tert-alkyl or cyclic N) is 2. The number of hydrogen-bond donors (Lipinski definition) is 24. The fraction of sp³-hybridized carbons (Fsp3) is 0.936. The number of aliphatic hydroxyl groups is 10. The third-order valence-electron chi connectivity index (χ3n) is 14.9. The number of nitrogens with zero attached hydrogens (tertiary/aromatic N) is 1. The first kappa shape index (κ1) is 67.7. The van der Waals surface area contributed by atoms with Gasteiger partial charge in [0.05, 0.1) is 43.9 Å². The Morgan fingerprint density at radius 3 is 2.19 bits per heavy atom. The van der Waals surface area contributed by atoms with Crippen molar-refractivity contribution in [1.82, 2.24) is 63.4 Å². The fourth-order valence-electron chi connectivity index (χ4n) is 10.9. The second kappa shape index (κ2) is 36.6. The van der Waals surface area contributed by atoms with Crippen molar-refractivity contribution in [3.63, 3.8) is 0 Å². The van der Waals surface area contributed by atoms with Crippen molar-refractivity contribution >= 4 is 41.4 Å². The van der Waals surface area contributed by atoms with E-state index in [4.69, 9.17) is 5.73 Å². The normalized spacial score (nSPS) is 34.1. The summed E-state index contributed by atoms with van der Waals surface area (Å²) < 4.78 is 0. The van der Waals surface area contributed by atoms with Crippen LogP contribution in [0.15, 0.2) is 0 Å². The molecule has 4 fully saturated rings. The quantitative estimate of drug-likeness (QED) is 0.0315. The van der Waals surface area contributed by atoms with E-state index in [2.05, 4.69) is 58.5 Å². The van der Waals surface area contributed by atoms with Crippen LogP contribution in [0.2, 0.25) is 0 Å². The lowest BCUT2D eigenvalue weighted by atomic mass is 9.77. The molecule has 25 N–H and O–H groups in total. The van der Waals surface area contributed by atoms with E-state index in [1.807, 2.05) is 6.26 Å². The summed E-state index contributed by atoms with van der Waals surface area (Å²) in [6.45, 7) is -0.402. The number of nitrogens with one attached hydrogen (secondary N) is 11. The lowest BCUT2D eigenvalue weighted by Crippen LogP contribution is -2.63. The molecule has 0 radical (unpaired) electrons. The van der Waals surface area contributed by atoms with Crippen molar-refractivity contribution < 1.29 is 75.7 Å². The van der Waals surface area contributed by atoms with Crippen LogP contribution in [0, 0.1) is 11.8 Å². The predicted molar refractivity (Wildman–Crippen MR) is 289 cm³/mol. The van der Waals surface area contributed by atoms with E-state index < -0.39 is 130 Å². The molecule has 3 aliphatic heterocycles. The topological polar surface area (TPSA) is 456 Å². The van der Waals surface area contributed by atoms with Gasteiger partial charge in [0.15, 0.2) is 0 Å². The van der Waals surface area contributed by atoms with E-state index in [-0.39, 0.29) is 62.4 Å². The van der Waals surface area contributed by atoms with Gasteiger partial charge in [0.2, 0.25) is 5.91 Å². The number of fused-ring (bicyclic) bond motifs is 1. The average molecular weight is 1150 g/mol. The van der Waals surface area contributed by atoms with Crippen molar-refractivity contribution in [3.05, 3.63) is 0 Å². The number of aliphatic carboxylic acids is 2. The molecule has 1 saturated carbocycles. The minimum absolute atomic E-state index is 0.00435. The van der Waals surface area contributed by atoms with Gasteiger partial charge in [-0.15, -0.1) is 0 Å². The number of likely N-dealkylation sites (tertiary alicyclic amines) is 1. The fourth-order valence-corrected chi connectivity index (χ4v) is 12.4. The van der Waals surface area contributed by atoms with Gasteiger partial charge in [-0.05, 0) is 108 Å². The molecule has 0 aromatic rings. The molecular formula is C47H95N13O15S2. The second-order valence-corrected chi connectivity index (χ2v) is 22.8. The number of carbonyl (C=O) groups excluding carboxylic acids is 1. The van der Waals surface area contributed by atoms with Gasteiger partial charge >= 0.3 is 11.9 Å². The molecule has 12 unspecified atom stereocenters. The molecule has 77 heavy (non-hydrogen) atoms. The number of thioether (sulfide) groups is 2. The molecule has 4 aliphatic rings. The standard InChI is InChI=1S/C47H95N13O15S2/c1-76-16-6-10-31(54-25-61)47(75)60-15-5-11-35(60)46(74)59-33(18-39(65)66)45(73)58-30-12-14-49-38(64)24-77-23-34(43(71)53-22-40(67)68)56-37(63)21-51-41(69)29(9-4-13-48)57-44(72)32(55-36(62)20-52-42(30)70)17-26-19-50-28-8-3-2-7-27(26)28/h26-38,41-46,49-59,61-64,69-74H,2-25,48H2,1H3,(H,65,66)(H,67,68)/t26-,27?,28?,29-,30-,31-,32-,33-,34?,35-,36?,37?,38?,41?,42?,43?,44?,45?,46?/m0/s1. The summed E-state index contributed by atoms with van der Waals surface area (Å²) in [4.78, 5) is 38.8. The van der Waals surface area contributed by atoms with Crippen molar-refractivity contribution in [3.8, 4) is 0 Å². The minimum Gasteiger partial charge on any atom is -0.481 e. The lowest BCUT2D eigenvalue weighted by Gasteiger charge is -2.37. The maximum atomic E-state index is 13.7. The highest BCUT2D eigenvalue weighted by molar-refractivity contribution is 7.99. The number of nitrogens with two attached hydrogens (primary N) is 1. The van der Waals surface area contributed by atoms with Crippen LogP contribution in [0.5, 0.6) is 0 Å². The Bertz CT molecular complexity index is 1680. The number of aliphatic hydroxyl groups excluding tert-OH is 10. The molecule has 1 aliphatic carbocycles. The lowest BCUT2D eigenvalue weighted by molar-refractivity contribution is -0.141. The van der Waals surface area contributed by atoms with Crippen LogP contribution in [0.4, 0.5) is 0 Å². The maximum Gasteiger partial charge on any atom is 0.317 e. The molecule has 28 nitrogen and oxygen atoms in total. The van der Waals surface area contributed by atoms with E-state index in [0.717, 1.165) is 43.2 Å². The summed E-state index contributed by atoms with van der Waals surface area (Å²) in [6, 6.07) is -6.41. The number of carboxylic acid groups (broad SMARTS) is 2. The predicted octanol–water partition coefficient (Wildman–Crippen LogP) is -7.35. The van der Waals surface area contributed by atoms with Crippen molar-refractivity contribution in [1.29, 1.82) is 0 Å². The number of carboxylic acids is 2. The van der Waals surface area contributed by atoms with Gasteiger partial charge in [0, 0.05) is 55.3 Å². The number of hydrogen-bond acceptors (Lipinski definition) is 27. The third-order valence-corrected chi connectivity index (χ3v) is 16.8. The van der Waals surface area contributed by atoms with E-state index in [1.165, 1.54) is 4.90 Å². The van der Waals surface area contributed by atoms with Crippen LogP contribution in [0.3, 0.4) is 0 Å². The van der Waals surface area contributed by atoms with Crippen LogP contribution < -0.4 is 64.2 Å². The molecular weight excluding hydrogens is 1050 g/mol. The molecule has 450 valence electrons. The summed E-state index contributed by atoms with van der Waals surface area (Å²) in [7, 11) is 0. The van der Waals surface area contributed by atoms with Crippen LogP contribution in [-0.4, -0.2) is 264 Å². The summed E-state index contributed by atoms with van der Waals surface area (Å²) in [5, 5.41) is 164. The van der Waals surface area contributed by atoms with Gasteiger partial charge in [0.25, 0.3) is 0 Å². The van der Waals surface area contributed by atoms with Crippen LogP contribution in [0.1, 0.15) is 83.5 Å². The zero-order valence-corrected chi connectivity index (χ0v) is 46.0. The van der Waals surface area contributed by atoms with Gasteiger partial charge in [-0.2, -0.15) is 23.5 Å². The Morgan fingerprint density at radius 1 is 0.766 bits per heavy atom. The van der Waals surface area contributed by atoms with E-state index >= 15 is 0 Å². The van der Waals surface area contributed by atoms with E-state index in [9.17, 15) is 75.7 Å². The molecule has 1 amide bonds. The zero-order chi connectivity index (χ0) is 56.4. The molecule has 0 spiro atoms. The molecule has 3 heterocycles. The molecule has 0 aromatic heterocycles. The minimum atomic E-state index is -1.76. The Hall–Kier alpha value is -1.77. The summed E-state index contributed by atoms with van der Waals surface area (Å²) in [5.74, 6) is -1.65. The van der Waals surface area contributed by atoms with Crippen molar-refractivity contribution in [2.75, 3.05) is 76.1 Å². The molecule has 30 heteroatoms. The van der Waals surface area contributed by atoms with Gasteiger partial charge in [-0.3, -0.25) is 67.6 Å². The molecule has 0 aromatic carbocycles. The Balaban J connectivity index is 1.59. The van der Waals surface area contributed by atoms with E-state index in [0.29, 0.717) is 63.6 Å². The molecule has 19 atom stereocenters. The van der Waals surface area contributed by atoms with E-state index in [1.54, 1.807) is 11.8 Å². The van der Waals surface area contributed by atoms with Gasteiger partial charge in [0.1, 0.15) is 56.1 Å². The first-order valence-corrected chi connectivity index (χ1v) is 29.8. The number of rotatable bonds is 24. The Morgan fingerprint density at radius 2 is 1.49 bits per heavy atom. The monoisotopic (exact) mass is 1150 g/mol. The van der Waals surface area contributed by atoms with Gasteiger partial charge in [-0.1, -0.05) is 12.8 Å². The number of amides is 1. The zero-order valence-electron chi connectivity index (χ0n) is 44.4. The molecule has 3 saturated heterocycles. The Labute approximate surface area is 460 Å². The highest BCUT2D eigenvalue weighted by Crippen LogP contribution is 2.37. The summed E-state index contributed by atoms with van der Waals surface area (Å²) in [5.41, 5.74) is 5.87.